The zero-order valence-corrected chi connectivity index (χ0v) is 18.4. The highest BCUT2D eigenvalue weighted by atomic mass is 32.2. The van der Waals surface area contributed by atoms with Crippen LogP contribution in [0.4, 0.5) is 5.69 Å². The van der Waals surface area contributed by atoms with Crippen molar-refractivity contribution in [3.63, 3.8) is 0 Å². The molecule has 0 saturated carbocycles. The van der Waals surface area contributed by atoms with E-state index in [4.69, 9.17) is 4.74 Å². The molecule has 30 heavy (non-hydrogen) atoms. The molecular weight excluding hydrogens is 406 g/mol. The van der Waals surface area contributed by atoms with Crippen LogP contribution in [0.5, 0.6) is 5.75 Å². The molecular formula is C20H27N5O4S. The largest absolute Gasteiger partial charge is 0.495 e. The molecule has 2 aromatic rings. The molecule has 10 heteroatoms. The number of nitrogens with zero attached hydrogens (tertiary/aromatic N) is 4. The third-order valence-corrected chi connectivity index (χ3v) is 7.06. The monoisotopic (exact) mass is 433 g/mol. The van der Waals surface area contributed by atoms with Gasteiger partial charge in [-0.05, 0) is 31.9 Å². The Hall–Kier alpha value is -2.56. The lowest BCUT2D eigenvalue weighted by molar-refractivity contribution is 0.102. The van der Waals surface area contributed by atoms with Gasteiger partial charge in [0.15, 0.2) is 0 Å². The number of benzene rings is 1. The smallest absolute Gasteiger partial charge is 0.282 e. The SMILES string of the molecule is COc1ccccc1NC(=O)c1cnc(C2CCCCN2S(=O)(=O)N(C)C)nc1C. The average molecular weight is 434 g/mol. The van der Waals surface area contributed by atoms with Gasteiger partial charge in [0.05, 0.1) is 30.1 Å². The number of anilines is 1. The molecule has 1 atom stereocenters. The van der Waals surface area contributed by atoms with Crippen LogP contribution < -0.4 is 10.1 Å². The molecule has 0 spiro atoms. The van der Waals surface area contributed by atoms with E-state index in [0.717, 1.165) is 12.8 Å². The molecule has 1 aliphatic rings. The lowest BCUT2D eigenvalue weighted by Crippen LogP contribution is -2.45. The summed E-state index contributed by atoms with van der Waals surface area (Å²) in [5.74, 6) is 0.601. The predicted octanol–water partition coefficient (Wildman–Crippen LogP) is 2.38. The van der Waals surface area contributed by atoms with E-state index < -0.39 is 16.3 Å². The van der Waals surface area contributed by atoms with Gasteiger partial charge in [-0.2, -0.15) is 17.0 Å². The van der Waals surface area contributed by atoms with E-state index in [1.54, 1.807) is 25.1 Å². The molecule has 162 valence electrons. The normalized spacial score (nSPS) is 17.7. The highest BCUT2D eigenvalue weighted by molar-refractivity contribution is 7.86. The molecule has 0 bridgehead atoms. The van der Waals surface area contributed by atoms with Gasteiger partial charge in [-0.1, -0.05) is 18.6 Å². The van der Waals surface area contributed by atoms with Crippen molar-refractivity contribution in [1.29, 1.82) is 0 Å². The van der Waals surface area contributed by atoms with Crippen LogP contribution in [0.3, 0.4) is 0 Å². The Morgan fingerprint density at radius 2 is 2.00 bits per heavy atom. The molecule has 1 saturated heterocycles. The van der Waals surface area contributed by atoms with E-state index in [1.165, 1.54) is 36.0 Å². The third-order valence-electron chi connectivity index (χ3n) is 5.11. The summed E-state index contributed by atoms with van der Waals surface area (Å²) in [6.07, 6.45) is 3.78. The fourth-order valence-electron chi connectivity index (χ4n) is 3.46. The average Bonchev–Trinajstić information content (AvgIpc) is 2.73. The number of ether oxygens (including phenoxy) is 1. The van der Waals surface area contributed by atoms with Gasteiger partial charge < -0.3 is 10.1 Å². The van der Waals surface area contributed by atoms with Gasteiger partial charge >= 0.3 is 0 Å². The van der Waals surface area contributed by atoms with Crippen LogP contribution >= 0.6 is 0 Å². The molecule has 1 aliphatic heterocycles. The predicted molar refractivity (Wildman–Crippen MR) is 114 cm³/mol. The fourth-order valence-corrected chi connectivity index (χ4v) is 4.76. The molecule has 0 aliphatic carbocycles. The van der Waals surface area contributed by atoms with Gasteiger partial charge in [-0.15, -0.1) is 0 Å². The highest BCUT2D eigenvalue weighted by Gasteiger charge is 2.36. The molecule has 0 radical (unpaired) electrons. The molecule has 3 rings (SSSR count). The number of rotatable bonds is 6. The second-order valence-electron chi connectivity index (χ2n) is 7.29. The van der Waals surface area contributed by atoms with E-state index in [-0.39, 0.29) is 5.91 Å². The number of para-hydroxylation sites is 2. The summed E-state index contributed by atoms with van der Waals surface area (Å²) in [5, 5.41) is 2.81. The summed E-state index contributed by atoms with van der Waals surface area (Å²) >= 11 is 0. The zero-order valence-electron chi connectivity index (χ0n) is 17.6. The van der Waals surface area contributed by atoms with E-state index in [2.05, 4.69) is 15.3 Å². The minimum Gasteiger partial charge on any atom is -0.495 e. The first kappa shape index (κ1) is 22.1. The highest BCUT2D eigenvalue weighted by Crippen LogP contribution is 2.32. The minimum atomic E-state index is -3.59. The Kier molecular flexibility index (Phi) is 6.69. The number of carbonyl (C=O) groups is 1. The van der Waals surface area contributed by atoms with Crippen molar-refractivity contribution in [2.24, 2.45) is 0 Å². The number of aromatic nitrogens is 2. The summed E-state index contributed by atoms with van der Waals surface area (Å²) in [5.41, 5.74) is 1.35. The zero-order chi connectivity index (χ0) is 21.9. The van der Waals surface area contributed by atoms with Gasteiger partial charge in [0.2, 0.25) is 0 Å². The van der Waals surface area contributed by atoms with Crippen LogP contribution in [0, 0.1) is 6.92 Å². The van der Waals surface area contributed by atoms with Crippen molar-refractivity contribution in [3.05, 3.63) is 47.5 Å². The quantitative estimate of drug-likeness (QED) is 0.750. The third kappa shape index (κ3) is 4.45. The van der Waals surface area contributed by atoms with Crippen LogP contribution in [-0.4, -0.2) is 60.7 Å². The van der Waals surface area contributed by atoms with Crippen LogP contribution in [0.2, 0.25) is 0 Å². The van der Waals surface area contributed by atoms with E-state index in [9.17, 15) is 13.2 Å². The number of piperidine rings is 1. The molecule has 1 aromatic carbocycles. The second-order valence-corrected chi connectivity index (χ2v) is 9.39. The first-order valence-electron chi connectivity index (χ1n) is 9.73. The Bertz CT molecular complexity index is 1030. The molecule has 9 nitrogen and oxygen atoms in total. The van der Waals surface area contributed by atoms with Gasteiger partial charge in [-0.25, -0.2) is 9.97 Å². The van der Waals surface area contributed by atoms with E-state index in [0.29, 0.717) is 41.5 Å². The van der Waals surface area contributed by atoms with Crippen LogP contribution in [0.15, 0.2) is 30.5 Å². The Balaban J connectivity index is 1.86. The summed E-state index contributed by atoms with van der Waals surface area (Å²) in [4.78, 5) is 21.6. The van der Waals surface area contributed by atoms with Crippen molar-refractivity contribution in [1.82, 2.24) is 18.6 Å². The summed E-state index contributed by atoms with van der Waals surface area (Å²) < 4.78 is 33.3. The molecule has 1 fully saturated rings. The summed E-state index contributed by atoms with van der Waals surface area (Å²) in [7, 11) is 0.967. The van der Waals surface area contributed by atoms with Crippen molar-refractivity contribution >= 4 is 21.8 Å². The van der Waals surface area contributed by atoms with Crippen molar-refractivity contribution < 1.29 is 17.9 Å². The van der Waals surface area contributed by atoms with Gasteiger partial charge in [0, 0.05) is 26.8 Å². The molecule has 2 heterocycles. The molecule has 1 amide bonds. The van der Waals surface area contributed by atoms with Crippen molar-refractivity contribution in [2.75, 3.05) is 33.1 Å². The molecule has 1 unspecified atom stereocenters. The van der Waals surface area contributed by atoms with Gasteiger partial charge in [0.1, 0.15) is 11.6 Å². The Morgan fingerprint density at radius 1 is 1.27 bits per heavy atom. The number of nitrogens with one attached hydrogen (secondary N) is 1. The lowest BCUT2D eigenvalue weighted by atomic mass is 10.0. The first-order valence-corrected chi connectivity index (χ1v) is 11.1. The summed E-state index contributed by atoms with van der Waals surface area (Å²) in [6, 6.07) is 6.66. The van der Waals surface area contributed by atoms with Crippen molar-refractivity contribution in [2.45, 2.75) is 32.2 Å². The van der Waals surface area contributed by atoms with Gasteiger partial charge in [0.25, 0.3) is 16.1 Å². The van der Waals surface area contributed by atoms with Crippen LogP contribution in [-0.2, 0) is 10.2 Å². The maximum Gasteiger partial charge on any atom is 0.282 e. The number of methoxy groups -OCH3 is 1. The first-order chi connectivity index (χ1) is 14.3. The van der Waals surface area contributed by atoms with Crippen LogP contribution in [0.1, 0.15) is 47.2 Å². The standard InChI is InChI=1S/C20H27N5O4S/c1-14-15(20(26)23-16-9-5-6-11-18(16)29-4)13-21-19(22-14)17-10-7-8-12-25(17)30(27,28)24(2)3/h5-6,9,11,13,17H,7-8,10,12H2,1-4H3,(H,23,26). The van der Waals surface area contributed by atoms with E-state index in [1.807, 2.05) is 6.07 Å². The summed E-state index contributed by atoms with van der Waals surface area (Å²) in [6.45, 7) is 2.14. The van der Waals surface area contributed by atoms with Crippen molar-refractivity contribution in [3.8, 4) is 5.75 Å². The topological polar surface area (TPSA) is 105 Å². The Morgan fingerprint density at radius 3 is 2.67 bits per heavy atom. The number of amides is 1. The Labute approximate surface area is 177 Å². The second kappa shape index (κ2) is 9.07. The molecule has 1 aromatic heterocycles. The molecule has 1 N–H and O–H groups in total. The van der Waals surface area contributed by atoms with Gasteiger partial charge in [-0.3, -0.25) is 4.79 Å². The fraction of sp³-hybridized carbons (Fsp3) is 0.450. The maximum absolute atomic E-state index is 12.7. The number of hydrogen-bond acceptors (Lipinski definition) is 6. The lowest BCUT2D eigenvalue weighted by Gasteiger charge is -2.35. The van der Waals surface area contributed by atoms with Crippen LogP contribution in [0.25, 0.3) is 0 Å². The maximum atomic E-state index is 12.7. The number of carbonyl (C=O) groups excluding carboxylic acids is 1. The number of hydrogen-bond donors (Lipinski definition) is 1. The van der Waals surface area contributed by atoms with E-state index >= 15 is 0 Å². The minimum absolute atomic E-state index is 0.322. The number of aryl methyl sites for hydroxylation is 1.